The molecule has 2 heterocycles. The molecule has 2 rings (SSSR count). The summed E-state index contributed by atoms with van der Waals surface area (Å²) in [4.78, 5) is 7.15. The Bertz CT molecular complexity index is 175. The normalized spacial score (nSPS) is 25.3. The van der Waals surface area contributed by atoms with E-state index in [1.807, 2.05) is 0 Å². The summed E-state index contributed by atoms with van der Waals surface area (Å²) in [6.07, 6.45) is 8.01. The molecule has 0 aliphatic carbocycles. The van der Waals surface area contributed by atoms with Gasteiger partial charge >= 0.3 is 0 Å². The van der Waals surface area contributed by atoms with Gasteiger partial charge in [0.2, 0.25) is 0 Å². The third-order valence-corrected chi connectivity index (χ3v) is 2.82. The molecule has 0 atom stereocenters. The highest BCUT2D eigenvalue weighted by Gasteiger charge is 2.16. The number of amidine groups is 1. The third kappa shape index (κ3) is 1.79. The SMILES string of the molecule is C1CCN=C2CCCCN2CC1. The summed E-state index contributed by atoms with van der Waals surface area (Å²) in [5, 5.41) is 0. The molecule has 2 heteroatoms. The number of nitrogens with zero attached hydrogens (tertiary/aromatic N) is 2. The zero-order chi connectivity index (χ0) is 8.23. The molecule has 12 heavy (non-hydrogen) atoms. The second-order valence-electron chi connectivity index (χ2n) is 3.80. The highest BCUT2D eigenvalue weighted by molar-refractivity contribution is 5.82. The van der Waals surface area contributed by atoms with Crippen molar-refractivity contribution in [2.24, 2.45) is 4.99 Å². The van der Waals surface area contributed by atoms with Gasteiger partial charge in [-0.25, -0.2) is 0 Å². The standard InChI is InChI=1S/C10H18N2/c1-3-7-11-10-6-2-5-9-12(10)8-4-1/h1-9H2. The van der Waals surface area contributed by atoms with Gasteiger partial charge in [-0.1, -0.05) is 0 Å². The van der Waals surface area contributed by atoms with Gasteiger partial charge in [0.15, 0.2) is 0 Å². The number of rotatable bonds is 0. The molecular weight excluding hydrogens is 148 g/mol. The molecule has 0 unspecified atom stereocenters. The minimum Gasteiger partial charge on any atom is -0.360 e. The monoisotopic (exact) mass is 166 g/mol. The summed E-state index contributed by atoms with van der Waals surface area (Å²) in [6, 6.07) is 0. The van der Waals surface area contributed by atoms with Crippen LogP contribution in [-0.4, -0.2) is 30.4 Å². The Morgan fingerprint density at radius 3 is 2.67 bits per heavy atom. The number of piperidine rings is 1. The molecule has 2 aliphatic heterocycles. The van der Waals surface area contributed by atoms with E-state index >= 15 is 0 Å². The summed E-state index contributed by atoms with van der Waals surface area (Å²) >= 11 is 0. The molecule has 0 aromatic carbocycles. The van der Waals surface area contributed by atoms with E-state index in [1.165, 1.54) is 57.5 Å². The van der Waals surface area contributed by atoms with Crippen LogP contribution in [0.5, 0.6) is 0 Å². The Morgan fingerprint density at radius 2 is 1.75 bits per heavy atom. The van der Waals surface area contributed by atoms with Crippen LogP contribution in [0.1, 0.15) is 38.5 Å². The van der Waals surface area contributed by atoms with Crippen LogP contribution in [-0.2, 0) is 0 Å². The second kappa shape index (κ2) is 3.92. The first kappa shape index (κ1) is 8.09. The fourth-order valence-corrected chi connectivity index (χ4v) is 2.09. The maximum absolute atomic E-state index is 4.65. The van der Waals surface area contributed by atoms with Gasteiger partial charge in [-0.15, -0.1) is 0 Å². The summed E-state index contributed by atoms with van der Waals surface area (Å²) in [5.41, 5.74) is 0. The van der Waals surface area contributed by atoms with Crippen molar-refractivity contribution in [2.75, 3.05) is 19.6 Å². The highest BCUT2D eigenvalue weighted by Crippen LogP contribution is 2.15. The van der Waals surface area contributed by atoms with Crippen molar-refractivity contribution in [2.45, 2.75) is 38.5 Å². The van der Waals surface area contributed by atoms with Gasteiger partial charge in [-0.2, -0.15) is 0 Å². The van der Waals surface area contributed by atoms with E-state index in [0.717, 1.165) is 6.54 Å². The molecule has 0 bridgehead atoms. The third-order valence-electron chi connectivity index (χ3n) is 2.82. The van der Waals surface area contributed by atoms with Crippen molar-refractivity contribution in [3.05, 3.63) is 0 Å². The quantitative estimate of drug-likeness (QED) is 0.538. The van der Waals surface area contributed by atoms with E-state index < -0.39 is 0 Å². The first-order valence-electron chi connectivity index (χ1n) is 5.25. The van der Waals surface area contributed by atoms with E-state index in [4.69, 9.17) is 0 Å². The van der Waals surface area contributed by atoms with E-state index in [1.54, 1.807) is 0 Å². The Labute approximate surface area is 74.7 Å². The van der Waals surface area contributed by atoms with Gasteiger partial charge in [-0.3, -0.25) is 4.99 Å². The summed E-state index contributed by atoms with van der Waals surface area (Å²) in [6.45, 7) is 3.60. The first-order valence-corrected chi connectivity index (χ1v) is 5.25. The fourth-order valence-electron chi connectivity index (χ4n) is 2.09. The fraction of sp³-hybridized carbons (Fsp3) is 0.900. The van der Waals surface area contributed by atoms with Gasteiger partial charge in [0.25, 0.3) is 0 Å². The highest BCUT2D eigenvalue weighted by atomic mass is 15.2. The van der Waals surface area contributed by atoms with E-state index in [9.17, 15) is 0 Å². The lowest BCUT2D eigenvalue weighted by Crippen LogP contribution is -2.37. The molecule has 0 N–H and O–H groups in total. The van der Waals surface area contributed by atoms with E-state index in [-0.39, 0.29) is 0 Å². The molecule has 0 aromatic rings. The molecule has 2 aliphatic rings. The lowest BCUT2D eigenvalue weighted by molar-refractivity contribution is 0.351. The maximum Gasteiger partial charge on any atom is 0.0988 e. The van der Waals surface area contributed by atoms with Crippen LogP contribution in [0, 0.1) is 0 Å². The van der Waals surface area contributed by atoms with Crippen LogP contribution < -0.4 is 0 Å². The van der Waals surface area contributed by atoms with Crippen LogP contribution in [0.4, 0.5) is 0 Å². The average Bonchev–Trinajstić information content (AvgIpc) is 2.06. The lowest BCUT2D eigenvalue weighted by Gasteiger charge is -2.31. The lowest BCUT2D eigenvalue weighted by atomic mass is 10.1. The Morgan fingerprint density at radius 1 is 0.917 bits per heavy atom. The number of aliphatic imine (C=N–C) groups is 1. The van der Waals surface area contributed by atoms with Gasteiger partial charge in [0, 0.05) is 26.1 Å². The van der Waals surface area contributed by atoms with E-state index in [0.29, 0.717) is 0 Å². The molecule has 2 nitrogen and oxygen atoms in total. The number of hydrogen-bond donors (Lipinski definition) is 0. The average molecular weight is 166 g/mol. The summed E-state index contributed by atoms with van der Waals surface area (Å²) in [7, 11) is 0. The van der Waals surface area contributed by atoms with Crippen molar-refractivity contribution in [3.63, 3.8) is 0 Å². The number of hydrogen-bond acceptors (Lipinski definition) is 2. The second-order valence-corrected chi connectivity index (χ2v) is 3.80. The van der Waals surface area contributed by atoms with Gasteiger partial charge in [0.05, 0.1) is 5.84 Å². The summed E-state index contributed by atoms with van der Waals surface area (Å²) in [5.74, 6) is 1.40. The van der Waals surface area contributed by atoms with E-state index in [2.05, 4.69) is 9.89 Å². The first-order chi connectivity index (χ1) is 5.97. The molecule has 1 fully saturated rings. The minimum absolute atomic E-state index is 1.08. The molecule has 0 spiro atoms. The smallest absolute Gasteiger partial charge is 0.0988 e. The van der Waals surface area contributed by atoms with Crippen LogP contribution in [0.25, 0.3) is 0 Å². The molecule has 0 saturated carbocycles. The summed E-state index contributed by atoms with van der Waals surface area (Å²) < 4.78 is 0. The molecule has 0 amide bonds. The Kier molecular flexibility index (Phi) is 2.64. The van der Waals surface area contributed by atoms with Crippen LogP contribution >= 0.6 is 0 Å². The van der Waals surface area contributed by atoms with Crippen molar-refractivity contribution in [1.29, 1.82) is 0 Å². The molecular formula is C10H18N2. The largest absolute Gasteiger partial charge is 0.360 e. The van der Waals surface area contributed by atoms with Crippen molar-refractivity contribution < 1.29 is 0 Å². The molecule has 0 radical (unpaired) electrons. The van der Waals surface area contributed by atoms with Crippen LogP contribution in [0.3, 0.4) is 0 Å². The van der Waals surface area contributed by atoms with Gasteiger partial charge < -0.3 is 4.90 Å². The predicted molar refractivity (Wildman–Crippen MR) is 51.6 cm³/mol. The molecule has 0 aromatic heterocycles. The Balaban J connectivity index is 2.03. The number of fused-ring (bicyclic) bond motifs is 1. The van der Waals surface area contributed by atoms with Crippen LogP contribution in [0.2, 0.25) is 0 Å². The zero-order valence-corrected chi connectivity index (χ0v) is 7.76. The minimum atomic E-state index is 1.08. The van der Waals surface area contributed by atoms with Crippen molar-refractivity contribution >= 4 is 5.84 Å². The molecule has 68 valence electrons. The maximum atomic E-state index is 4.65. The molecule has 1 saturated heterocycles. The topological polar surface area (TPSA) is 15.6 Å². The Hall–Kier alpha value is -0.530. The van der Waals surface area contributed by atoms with Gasteiger partial charge in [0.1, 0.15) is 0 Å². The predicted octanol–water partition coefficient (Wildman–Crippen LogP) is 2.05. The van der Waals surface area contributed by atoms with Crippen molar-refractivity contribution in [3.8, 4) is 0 Å². The van der Waals surface area contributed by atoms with Crippen LogP contribution in [0.15, 0.2) is 4.99 Å². The zero-order valence-electron chi connectivity index (χ0n) is 7.76. The van der Waals surface area contributed by atoms with Crippen molar-refractivity contribution in [1.82, 2.24) is 4.90 Å². The van der Waals surface area contributed by atoms with Gasteiger partial charge in [-0.05, 0) is 32.1 Å².